The topological polar surface area (TPSA) is 50.4 Å². The van der Waals surface area contributed by atoms with Crippen molar-refractivity contribution in [1.82, 2.24) is 0 Å². The lowest BCUT2D eigenvalue weighted by Gasteiger charge is -2.03. The Kier molecular flexibility index (Phi) is 2.29. The minimum Gasteiger partial charge on any atom is -0.478 e. The van der Waals surface area contributed by atoms with Gasteiger partial charge >= 0.3 is 5.97 Å². The van der Waals surface area contributed by atoms with Crippen molar-refractivity contribution in [3.63, 3.8) is 0 Å². The zero-order valence-electron chi connectivity index (χ0n) is 8.23. The number of hydrogen-bond donors (Lipinski definition) is 1. The van der Waals surface area contributed by atoms with Gasteiger partial charge in [-0.05, 0) is 30.2 Å². The predicted octanol–water partition coefficient (Wildman–Crippen LogP) is 2.95. The standard InChI is InChI=1S/C12H10O3/c1-8-2-3-9(6-11(8)12(13)14)10-4-5-15-7-10/h2-7H,1H3,(H,13,14). The van der Waals surface area contributed by atoms with E-state index in [1.54, 1.807) is 37.6 Å². The molecule has 3 nitrogen and oxygen atoms in total. The molecule has 1 N–H and O–H groups in total. The molecule has 15 heavy (non-hydrogen) atoms. The molecule has 0 unspecified atom stereocenters. The number of carboxylic acids is 1. The monoisotopic (exact) mass is 202 g/mol. The van der Waals surface area contributed by atoms with Gasteiger partial charge in [0.05, 0.1) is 18.1 Å². The minimum atomic E-state index is -0.905. The van der Waals surface area contributed by atoms with Gasteiger partial charge in [-0.3, -0.25) is 0 Å². The van der Waals surface area contributed by atoms with Gasteiger partial charge in [0.15, 0.2) is 0 Å². The third kappa shape index (κ3) is 1.76. The zero-order chi connectivity index (χ0) is 10.8. The second-order valence-corrected chi connectivity index (χ2v) is 3.35. The molecule has 0 aliphatic carbocycles. The van der Waals surface area contributed by atoms with E-state index in [4.69, 9.17) is 9.52 Å². The highest BCUT2D eigenvalue weighted by Crippen LogP contribution is 2.22. The Morgan fingerprint density at radius 2 is 2.07 bits per heavy atom. The van der Waals surface area contributed by atoms with Gasteiger partial charge in [-0.25, -0.2) is 4.79 Å². The number of carboxylic acid groups (broad SMARTS) is 1. The molecule has 1 aromatic heterocycles. The Morgan fingerprint density at radius 3 is 2.67 bits per heavy atom. The number of hydrogen-bond acceptors (Lipinski definition) is 2. The summed E-state index contributed by atoms with van der Waals surface area (Å²) in [7, 11) is 0. The van der Waals surface area contributed by atoms with Crippen LogP contribution in [0.1, 0.15) is 15.9 Å². The molecule has 3 heteroatoms. The predicted molar refractivity (Wildman–Crippen MR) is 55.8 cm³/mol. The normalized spacial score (nSPS) is 10.2. The number of furan rings is 1. The van der Waals surface area contributed by atoms with Gasteiger partial charge in [0.25, 0.3) is 0 Å². The van der Waals surface area contributed by atoms with Crippen LogP contribution in [0.3, 0.4) is 0 Å². The van der Waals surface area contributed by atoms with E-state index in [1.165, 1.54) is 0 Å². The molecule has 0 aliphatic heterocycles. The van der Waals surface area contributed by atoms with Crippen LogP contribution in [0.4, 0.5) is 0 Å². The van der Waals surface area contributed by atoms with E-state index in [9.17, 15) is 4.79 Å². The van der Waals surface area contributed by atoms with Gasteiger partial charge in [0.1, 0.15) is 0 Å². The van der Waals surface area contributed by atoms with Crippen molar-refractivity contribution in [3.8, 4) is 11.1 Å². The highest BCUT2D eigenvalue weighted by Gasteiger charge is 2.08. The SMILES string of the molecule is Cc1ccc(-c2ccoc2)cc1C(=O)O. The number of rotatable bonds is 2. The van der Waals surface area contributed by atoms with Gasteiger partial charge in [-0.1, -0.05) is 12.1 Å². The molecule has 76 valence electrons. The maximum atomic E-state index is 10.9. The summed E-state index contributed by atoms with van der Waals surface area (Å²) in [5.74, 6) is -0.905. The van der Waals surface area contributed by atoms with E-state index in [-0.39, 0.29) is 0 Å². The Labute approximate surface area is 87.0 Å². The van der Waals surface area contributed by atoms with Crippen LogP contribution in [0.2, 0.25) is 0 Å². The molecular formula is C12H10O3. The average molecular weight is 202 g/mol. The van der Waals surface area contributed by atoms with Crippen LogP contribution in [0.5, 0.6) is 0 Å². The van der Waals surface area contributed by atoms with Crippen LogP contribution in [-0.2, 0) is 0 Å². The molecule has 0 amide bonds. The average Bonchev–Trinajstić information content (AvgIpc) is 2.71. The third-order valence-electron chi connectivity index (χ3n) is 2.32. The summed E-state index contributed by atoms with van der Waals surface area (Å²) >= 11 is 0. The second-order valence-electron chi connectivity index (χ2n) is 3.35. The summed E-state index contributed by atoms with van der Waals surface area (Å²) in [6, 6.07) is 7.14. The summed E-state index contributed by atoms with van der Waals surface area (Å²) < 4.78 is 4.95. The minimum absolute atomic E-state index is 0.328. The van der Waals surface area contributed by atoms with Gasteiger partial charge in [-0.2, -0.15) is 0 Å². The van der Waals surface area contributed by atoms with Crippen molar-refractivity contribution in [2.45, 2.75) is 6.92 Å². The quantitative estimate of drug-likeness (QED) is 0.814. The molecule has 0 aliphatic rings. The van der Waals surface area contributed by atoms with E-state index in [2.05, 4.69) is 0 Å². The maximum Gasteiger partial charge on any atom is 0.335 e. The van der Waals surface area contributed by atoms with Crippen molar-refractivity contribution >= 4 is 5.97 Å². The largest absolute Gasteiger partial charge is 0.478 e. The summed E-state index contributed by atoms with van der Waals surface area (Å²) in [4.78, 5) is 10.9. The molecule has 2 rings (SSSR count). The molecule has 2 aromatic rings. The Morgan fingerprint density at radius 1 is 1.27 bits per heavy atom. The van der Waals surface area contributed by atoms with Crippen molar-refractivity contribution in [3.05, 3.63) is 47.9 Å². The van der Waals surface area contributed by atoms with Crippen LogP contribution in [0, 0.1) is 6.92 Å². The fraction of sp³-hybridized carbons (Fsp3) is 0.0833. The molecule has 0 radical (unpaired) electrons. The molecule has 1 heterocycles. The summed E-state index contributed by atoms with van der Waals surface area (Å²) in [5, 5.41) is 8.96. The summed E-state index contributed by atoms with van der Waals surface area (Å²) in [6.45, 7) is 1.78. The molecule has 1 aromatic carbocycles. The first-order valence-corrected chi connectivity index (χ1v) is 4.55. The molecular weight excluding hydrogens is 192 g/mol. The first-order chi connectivity index (χ1) is 7.18. The van der Waals surface area contributed by atoms with E-state index >= 15 is 0 Å². The van der Waals surface area contributed by atoms with Crippen molar-refractivity contribution < 1.29 is 14.3 Å². The zero-order valence-corrected chi connectivity index (χ0v) is 8.23. The fourth-order valence-electron chi connectivity index (χ4n) is 1.46. The van der Waals surface area contributed by atoms with E-state index in [0.717, 1.165) is 16.7 Å². The maximum absolute atomic E-state index is 10.9. The molecule has 0 saturated heterocycles. The smallest absolute Gasteiger partial charge is 0.335 e. The Hall–Kier alpha value is -2.03. The van der Waals surface area contributed by atoms with Gasteiger partial charge < -0.3 is 9.52 Å². The molecule has 0 atom stereocenters. The number of benzene rings is 1. The molecule has 0 fully saturated rings. The van der Waals surface area contributed by atoms with E-state index in [0.29, 0.717) is 5.56 Å². The third-order valence-corrected chi connectivity index (χ3v) is 2.32. The van der Waals surface area contributed by atoms with Gasteiger partial charge in [0, 0.05) is 5.56 Å². The van der Waals surface area contributed by atoms with Crippen LogP contribution < -0.4 is 0 Å². The fourth-order valence-corrected chi connectivity index (χ4v) is 1.46. The van der Waals surface area contributed by atoms with E-state index in [1.807, 2.05) is 6.07 Å². The number of carbonyl (C=O) groups is 1. The molecule has 0 saturated carbocycles. The van der Waals surface area contributed by atoms with Gasteiger partial charge in [-0.15, -0.1) is 0 Å². The van der Waals surface area contributed by atoms with Crippen molar-refractivity contribution in [2.75, 3.05) is 0 Å². The highest BCUT2D eigenvalue weighted by atomic mass is 16.4. The van der Waals surface area contributed by atoms with E-state index < -0.39 is 5.97 Å². The summed E-state index contributed by atoms with van der Waals surface area (Å²) in [6.07, 6.45) is 3.16. The van der Waals surface area contributed by atoms with Crippen molar-refractivity contribution in [1.29, 1.82) is 0 Å². The number of aryl methyl sites for hydroxylation is 1. The lowest BCUT2D eigenvalue weighted by Crippen LogP contribution is -1.99. The van der Waals surface area contributed by atoms with Crippen molar-refractivity contribution in [2.24, 2.45) is 0 Å². The Bertz CT molecular complexity index is 484. The first kappa shape index (κ1) is 9.52. The molecule has 0 bridgehead atoms. The lowest BCUT2D eigenvalue weighted by molar-refractivity contribution is 0.0696. The van der Waals surface area contributed by atoms with Gasteiger partial charge in [0.2, 0.25) is 0 Å². The first-order valence-electron chi connectivity index (χ1n) is 4.55. The Balaban J connectivity index is 2.52. The highest BCUT2D eigenvalue weighted by molar-refractivity contribution is 5.91. The van der Waals surface area contributed by atoms with Crippen LogP contribution >= 0.6 is 0 Å². The number of aromatic carboxylic acids is 1. The lowest BCUT2D eigenvalue weighted by atomic mass is 10.0. The molecule has 0 spiro atoms. The van der Waals surface area contributed by atoms with Crippen LogP contribution in [-0.4, -0.2) is 11.1 Å². The van der Waals surface area contributed by atoms with Crippen LogP contribution in [0.25, 0.3) is 11.1 Å². The summed E-state index contributed by atoms with van der Waals surface area (Å²) in [5.41, 5.74) is 2.83. The van der Waals surface area contributed by atoms with Crippen LogP contribution in [0.15, 0.2) is 41.2 Å². The second kappa shape index (κ2) is 3.61.